The molecule has 23 heavy (non-hydrogen) atoms. The fraction of sp³-hybridized carbons (Fsp3) is 0.154. The van der Waals surface area contributed by atoms with E-state index in [0.717, 1.165) is 12.4 Å². The summed E-state index contributed by atoms with van der Waals surface area (Å²) in [6.07, 6.45) is -6.56. The van der Waals surface area contributed by atoms with Crippen molar-refractivity contribution in [1.82, 2.24) is 9.97 Å². The number of anilines is 1. The number of nitrogens with zero attached hydrogens (tertiary/aromatic N) is 2. The first-order valence-corrected chi connectivity index (χ1v) is 5.94. The van der Waals surface area contributed by atoms with Gasteiger partial charge in [-0.2, -0.15) is 26.3 Å². The largest absolute Gasteiger partial charge is 0.416 e. The summed E-state index contributed by atoms with van der Waals surface area (Å²) < 4.78 is 76.2. The number of carbonyl (C=O) groups is 1. The van der Waals surface area contributed by atoms with Gasteiger partial charge in [-0.3, -0.25) is 9.78 Å². The normalized spacial score (nSPS) is 12.1. The van der Waals surface area contributed by atoms with Crippen LogP contribution in [0.5, 0.6) is 0 Å². The Morgan fingerprint density at radius 2 is 1.48 bits per heavy atom. The number of alkyl halides is 6. The Morgan fingerprint density at radius 3 is 1.91 bits per heavy atom. The second-order valence-electron chi connectivity index (χ2n) is 4.34. The molecular formula is C13H7F6N3O. The van der Waals surface area contributed by atoms with Gasteiger partial charge in [0.1, 0.15) is 5.69 Å². The lowest BCUT2D eigenvalue weighted by Crippen LogP contribution is -2.16. The maximum absolute atomic E-state index is 12.7. The molecule has 0 atom stereocenters. The van der Waals surface area contributed by atoms with Gasteiger partial charge in [0, 0.05) is 18.1 Å². The van der Waals surface area contributed by atoms with Gasteiger partial charge in [0.05, 0.1) is 17.3 Å². The molecule has 0 unspecified atom stereocenters. The van der Waals surface area contributed by atoms with E-state index in [-0.39, 0.29) is 11.8 Å². The van der Waals surface area contributed by atoms with Crippen molar-refractivity contribution >= 4 is 11.6 Å². The Bertz CT molecular complexity index is 680. The van der Waals surface area contributed by atoms with Crippen molar-refractivity contribution in [2.24, 2.45) is 0 Å². The zero-order chi connectivity index (χ0) is 17.3. The molecule has 0 bridgehead atoms. The molecule has 4 nitrogen and oxygen atoms in total. The zero-order valence-electron chi connectivity index (χ0n) is 11.0. The third-order valence-corrected chi connectivity index (χ3v) is 2.64. The molecule has 0 saturated carbocycles. The fourth-order valence-electron chi connectivity index (χ4n) is 1.64. The highest BCUT2D eigenvalue weighted by atomic mass is 19.4. The van der Waals surface area contributed by atoms with Crippen molar-refractivity contribution in [2.75, 3.05) is 5.32 Å². The number of carbonyl (C=O) groups excluding carboxylic acids is 1. The highest BCUT2D eigenvalue weighted by Crippen LogP contribution is 2.37. The van der Waals surface area contributed by atoms with Gasteiger partial charge in [0.15, 0.2) is 0 Å². The molecule has 0 aliphatic rings. The van der Waals surface area contributed by atoms with Crippen LogP contribution in [0.3, 0.4) is 0 Å². The molecule has 1 aromatic carbocycles. The molecular weight excluding hydrogens is 328 g/mol. The Kier molecular flexibility index (Phi) is 4.26. The van der Waals surface area contributed by atoms with Crippen molar-refractivity contribution < 1.29 is 31.1 Å². The van der Waals surface area contributed by atoms with Crippen molar-refractivity contribution in [3.8, 4) is 0 Å². The van der Waals surface area contributed by atoms with Crippen molar-refractivity contribution in [2.45, 2.75) is 12.4 Å². The van der Waals surface area contributed by atoms with E-state index < -0.39 is 35.1 Å². The third kappa shape index (κ3) is 4.18. The average molecular weight is 335 g/mol. The van der Waals surface area contributed by atoms with Gasteiger partial charge in [-0.15, -0.1) is 0 Å². The summed E-state index contributed by atoms with van der Waals surface area (Å²) in [5, 5.41) is 1.94. The molecule has 2 rings (SSSR count). The maximum atomic E-state index is 12.7. The molecule has 10 heteroatoms. The lowest BCUT2D eigenvalue weighted by molar-refractivity contribution is -0.143. The molecule has 1 amide bonds. The minimum absolute atomic E-state index is 0.0298. The quantitative estimate of drug-likeness (QED) is 0.850. The van der Waals surface area contributed by atoms with E-state index in [4.69, 9.17) is 0 Å². The maximum Gasteiger partial charge on any atom is 0.416 e. The van der Waals surface area contributed by atoms with Gasteiger partial charge < -0.3 is 5.32 Å². The predicted octanol–water partition coefficient (Wildman–Crippen LogP) is 3.77. The Balaban J connectivity index is 2.40. The Morgan fingerprint density at radius 1 is 0.913 bits per heavy atom. The summed E-state index contributed by atoms with van der Waals surface area (Å²) >= 11 is 0. The molecule has 122 valence electrons. The lowest BCUT2D eigenvalue weighted by Gasteiger charge is -2.14. The van der Waals surface area contributed by atoms with Crippen LogP contribution in [0.15, 0.2) is 36.8 Å². The van der Waals surface area contributed by atoms with Crippen molar-refractivity contribution in [1.29, 1.82) is 0 Å². The van der Waals surface area contributed by atoms with Crippen molar-refractivity contribution in [3.63, 3.8) is 0 Å². The number of aromatic nitrogens is 2. The summed E-state index contributed by atoms with van der Waals surface area (Å²) in [6, 6.07) is 0.783. The molecule has 0 saturated heterocycles. The molecule has 2 aromatic rings. The van der Waals surface area contributed by atoms with Gasteiger partial charge in [-0.25, -0.2) is 4.98 Å². The number of benzene rings is 1. The highest BCUT2D eigenvalue weighted by Gasteiger charge is 2.37. The smallest absolute Gasteiger partial charge is 0.321 e. The van der Waals surface area contributed by atoms with E-state index in [2.05, 4.69) is 9.97 Å². The van der Waals surface area contributed by atoms with Crippen LogP contribution in [-0.2, 0) is 12.4 Å². The molecule has 1 aromatic heterocycles. The molecule has 0 radical (unpaired) electrons. The molecule has 0 spiro atoms. The van der Waals surface area contributed by atoms with E-state index in [9.17, 15) is 31.1 Å². The number of rotatable bonds is 2. The van der Waals surface area contributed by atoms with E-state index in [0.29, 0.717) is 12.1 Å². The number of hydrogen-bond donors (Lipinski definition) is 1. The number of hydrogen-bond acceptors (Lipinski definition) is 3. The second-order valence-corrected chi connectivity index (χ2v) is 4.34. The van der Waals surface area contributed by atoms with Gasteiger partial charge >= 0.3 is 12.4 Å². The van der Waals surface area contributed by atoms with Crippen LogP contribution in [-0.4, -0.2) is 15.9 Å². The first-order chi connectivity index (χ1) is 10.6. The standard InChI is InChI=1S/C13H7F6N3O/c14-12(15,16)7-3-8(13(17,18)19)5-9(4-7)22-11(23)10-6-20-1-2-21-10/h1-6H,(H,22,23). The predicted molar refractivity (Wildman–Crippen MR) is 66.4 cm³/mol. The first kappa shape index (κ1) is 16.7. The molecule has 0 aliphatic heterocycles. The van der Waals surface area contributed by atoms with Crippen LogP contribution in [0.4, 0.5) is 32.0 Å². The fourth-order valence-corrected chi connectivity index (χ4v) is 1.64. The third-order valence-electron chi connectivity index (χ3n) is 2.64. The van der Waals surface area contributed by atoms with Crippen LogP contribution < -0.4 is 5.32 Å². The summed E-state index contributed by atoms with van der Waals surface area (Å²) in [4.78, 5) is 18.9. The van der Waals surface area contributed by atoms with Crippen LogP contribution in [0.25, 0.3) is 0 Å². The number of nitrogens with one attached hydrogen (secondary N) is 1. The monoisotopic (exact) mass is 335 g/mol. The molecule has 0 fully saturated rings. The van der Waals surface area contributed by atoms with Crippen LogP contribution in [0, 0.1) is 0 Å². The van der Waals surface area contributed by atoms with E-state index in [1.54, 1.807) is 0 Å². The summed E-state index contributed by atoms with van der Waals surface area (Å²) in [5.41, 5.74) is -3.95. The van der Waals surface area contributed by atoms with Gasteiger partial charge in [0.2, 0.25) is 0 Å². The second kappa shape index (κ2) is 5.86. The van der Waals surface area contributed by atoms with Gasteiger partial charge in [-0.05, 0) is 18.2 Å². The van der Waals surface area contributed by atoms with E-state index in [1.165, 1.54) is 6.20 Å². The molecule has 1 N–H and O–H groups in total. The average Bonchev–Trinajstić information content (AvgIpc) is 2.46. The number of halogens is 6. The van der Waals surface area contributed by atoms with E-state index in [1.807, 2.05) is 5.32 Å². The summed E-state index contributed by atoms with van der Waals surface area (Å²) in [6.45, 7) is 0. The highest BCUT2D eigenvalue weighted by molar-refractivity contribution is 6.02. The Labute approximate surface area is 125 Å². The number of amides is 1. The Hall–Kier alpha value is -2.65. The SMILES string of the molecule is O=C(Nc1cc(C(F)(F)F)cc(C(F)(F)F)c1)c1cnccn1. The van der Waals surface area contributed by atoms with E-state index >= 15 is 0 Å². The van der Waals surface area contributed by atoms with Crippen LogP contribution >= 0.6 is 0 Å². The summed E-state index contributed by atoms with van der Waals surface area (Å²) in [5.74, 6) is -0.981. The molecule has 0 aliphatic carbocycles. The topological polar surface area (TPSA) is 54.9 Å². The van der Waals surface area contributed by atoms with Gasteiger partial charge in [-0.1, -0.05) is 0 Å². The minimum Gasteiger partial charge on any atom is -0.321 e. The molecule has 1 heterocycles. The zero-order valence-corrected chi connectivity index (χ0v) is 11.0. The van der Waals surface area contributed by atoms with Crippen LogP contribution in [0.2, 0.25) is 0 Å². The minimum atomic E-state index is -4.99. The van der Waals surface area contributed by atoms with Crippen molar-refractivity contribution in [3.05, 3.63) is 53.6 Å². The lowest BCUT2D eigenvalue weighted by atomic mass is 10.1. The van der Waals surface area contributed by atoms with Crippen LogP contribution in [0.1, 0.15) is 21.6 Å². The summed E-state index contributed by atoms with van der Waals surface area (Å²) in [7, 11) is 0. The first-order valence-electron chi connectivity index (χ1n) is 5.94. The van der Waals surface area contributed by atoms with Gasteiger partial charge in [0.25, 0.3) is 5.91 Å².